The van der Waals surface area contributed by atoms with Crippen molar-refractivity contribution in [1.82, 2.24) is 0 Å². The van der Waals surface area contributed by atoms with E-state index >= 15 is 0 Å². The molecule has 1 rings (SSSR count). The van der Waals surface area contributed by atoms with Crippen molar-refractivity contribution >= 4 is 13.3 Å². The van der Waals surface area contributed by atoms with Crippen molar-refractivity contribution in [2.24, 2.45) is 0 Å². The average Bonchev–Trinajstić information content (AvgIpc) is 2.48. The summed E-state index contributed by atoms with van der Waals surface area (Å²) in [6, 6.07) is 8.15. The molecule has 23 heavy (non-hydrogen) atoms. The van der Waals surface area contributed by atoms with Crippen molar-refractivity contribution in [3.8, 4) is 0 Å². The first-order chi connectivity index (χ1) is 10.8. The fourth-order valence-electron chi connectivity index (χ4n) is 2.30. The molecule has 0 aromatic heterocycles. The lowest BCUT2D eigenvalue weighted by Crippen LogP contribution is -2.21. The summed E-state index contributed by atoms with van der Waals surface area (Å²) >= 11 is 0. The second-order valence-electron chi connectivity index (χ2n) is 6.05. The topological polar surface area (TPSA) is 47.6 Å². The Kier molecular flexibility index (Phi) is 7.53. The van der Waals surface area contributed by atoms with E-state index in [-0.39, 0.29) is 5.41 Å². The molecule has 0 atom stereocenters. The van der Waals surface area contributed by atoms with Crippen LogP contribution < -0.4 is 5.32 Å². The first-order valence-corrected chi connectivity index (χ1v) is 9.87. The van der Waals surface area contributed by atoms with Crippen molar-refractivity contribution in [1.29, 1.82) is 0 Å². The van der Waals surface area contributed by atoms with Gasteiger partial charge in [0.1, 0.15) is 0 Å². The average molecular weight is 339 g/mol. The minimum atomic E-state index is -3.01. The minimum Gasteiger partial charge on any atom is -0.384 e. The molecule has 0 aliphatic heterocycles. The van der Waals surface area contributed by atoms with Gasteiger partial charge in [0.15, 0.2) is 0 Å². The van der Waals surface area contributed by atoms with E-state index in [2.05, 4.69) is 31.8 Å². The van der Waals surface area contributed by atoms with E-state index in [0.29, 0.717) is 25.9 Å². The Morgan fingerprint density at radius 2 is 1.78 bits per heavy atom. The molecule has 1 aromatic rings. The maximum Gasteiger partial charge on any atom is 0.332 e. The van der Waals surface area contributed by atoms with Crippen LogP contribution in [-0.2, 0) is 19.0 Å². The smallest absolute Gasteiger partial charge is 0.332 e. The highest BCUT2D eigenvalue weighted by Crippen LogP contribution is 2.47. The zero-order valence-corrected chi connectivity index (χ0v) is 15.9. The fourth-order valence-corrected chi connectivity index (χ4v) is 3.80. The molecular formula is C18H30NO3P. The minimum absolute atomic E-state index is 0.132. The standard InChI is InChI=1S/C18H30NO3P/c1-7-21-23(20,22-8-2)14-13-19-17-12-10-9-11-16(17)18(5,6)15(3)4/h9-12,19H,3,7-8,13-14H2,1-2,4-6H3. The third kappa shape index (κ3) is 5.49. The molecule has 0 unspecified atom stereocenters. The first kappa shape index (κ1) is 20.0. The molecule has 0 saturated carbocycles. The molecule has 1 aromatic carbocycles. The molecule has 0 spiro atoms. The van der Waals surface area contributed by atoms with Gasteiger partial charge in [0.05, 0.1) is 19.4 Å². The van der Waals surface area contributed by atoms with E-state index in [4.69, 9.17) is 9.05 Å². The van der Waals surface area contributed by atoms with Gasteiger partial charge in [0.25, 0.3) is 0 Å². The number of benzene rings is 1. The molecule has 0 radical (unpaired) electrons. The van der Waals surface area contributed by atoms with Crippen LogP contribution in [0, 0.1) is 0 Å². The lowest BCUT2D eigenvalue weighted by molar-refractivity contribution is 0.221. The molecule has 1 N–H and O–H groups in total. The molecule has 0 aliphatic carbocycles. The van der Waals surface area contributed by atoms with Gasteiger partial charge in [-0.15, -0.1) is 0 Å². The molecule has 0 aliphatic rings. The Labute approximate surface area is 140 Å². The fraction of sp³-hybridized carbons (Fsp3) is 0.556. The van der Waals surface area contributed by atoms with Crippen LogP contribution in [0.4, 0.5) is 5.69 Å². The van der Waals surface area contributed by atoms with E-state index < -0.39 is 7.60 Å². The Morgan fingerprint density at radius 3 is 2.30 bits per heavy atom. The molecular weight excluding hydrogens is 309 g/mol. The van der Waals surface area contributed by atoms with Crippen molar-refractivity contribution < 1.29 is 13.6 Å². The van der Waals surface area contributed by atoms with Crippen LogP contribution in [0.2, 0.25) is 0 Å². The summed E-state index contributed by atoms with van der Waals surface area (Å²) in [5, 5.41) is 3.37. The van der Waals surface area contributed by atoms with E-state index in [1.807, 2.05) is 39.0 Å². The molecule has 130 valence electrons. The predicted molar refractivity (Wildman–Crippen MR) is 98.5 cm³/mol. The van der Waals surface area contributed by atoms with Crippen LogP contribution in [0.3, 0.4) is 0 Å². The quantitative estimate of drug-likeness (QED) is 0.469. The van der Waals surface area contributed by atoms with Crippen LogP contribution in [-0.4, -0.2) is 25.9 Å². The van der Waals surface area contributed by atoms with Crippen LogP contribution in [0.15, 0.2) is 36.4 Å². The predicted octanol–water partition coefficient (Wildman–Crippen LogP) is 5.22. The zero-order chi connectivity index (χ0) is 17.5. The van der Waals surface area contributed by atoms with Crippen molar-refractivity contribution in [3.05, 3.63) is 42.0 Å². The Hall–Kier alpha value is -1.09. The molecule has 0 amide bonds. The van der Waals surface area contributed by atoms with Gasteiger partial charge in [-0.05, 0) is 32.4 Å². The SMILES string of the molecule is C=C(C)C(C)(C)c1ccccc1NCCP(=O)(OCC)OCC. The summed E-state index contributed by atoms with van der Waals surface area (Å²) in [5.41, 5.74) is 3.17. The molecule has 4 nitrogen and oxygen atoms in total. The maximum atomic E-state index is 12.5. The van der Waals surface area contributed by atoms with Gasteiger partial charge < -0.3 is 14.4 Å². The number of rotatable bonds is 10. The number of para-hydroxylation sites is 1. The van der Waals surface area contributed by atoms with Gasteiger partial charge in [-0.25, -0.2) is 0 Å². The highest BCUT2D eigenvalue weighted by molar-refractivity contribution is 7.53. The van der Waals surface area contributed by atoms with Crippen LogP contribution in [0.5, 0.6) is 0 Å². The Bertz CT molecular complexity index is 559. The monoisotopic (exact) mass is 339 g/mol. The molecule has 0 fully saturated rings. The van der Waals surface area contributed by atoms with E-state index in [0.717, 1.165) is 11.3 Å². The number of nitrogens with one attached hydrogen (secondary N) is 1. The number of hydrogen-bond acceptors (Lipinski definition) is 4. The molecule has 5 heteroatoms. The summed E-state index contributed by atoms with van der Waals surface area (Å²) in [5.74, 6) is 0. The third-order valence-electron chi connectivity index (χ3n) is 4.02. The number of allylic oxidation sites excluding steroid dienone is 1. The lowest BCUT2D eigenvalue weighted by Gasteiger charge is -2.29. The van der Waals surface area contributed by atoms with Gasteiger partial charge in [-0.2, -0.15) is 0 Å². The summed E-state index contributed by atoms with van der Waals surface area (Å²) in [6.45, 7) is 15.4. The van der Waals surface area contributed by atoms with Crippen molar-refractivity contribution in [3.63, 3.8) is 0 Å². The van der Waals surface area contributed by atoms with E-state index in [1.54, 1.807) is 0 Å². The van der Waals surface area contributed by atoms with Gasteiger partial charge in [0.2, 0.25) is 0 Å². The zero-order valence-electron chi connectivity index (χ0n) is 15.0. The Morgan fingerprint density at radius 1 is 1.22 bits per heavy atom. The van der Waals surface area contributed by atoms with Crippen molar-refractivity contribution in [2.45, 2.75) is 40.0 Å². The largest absolute Gasteiger partial charge is 0.384 e. The number of anilines is 1. The number of hydrogen-bond donors (Lipinski definition) is 1. The summed E-state index contributed by atoms with van der Waals surface area (Å²) in [6.07, 6.45) is 0.344. The molecule has 0 heterocycles. The molecule has 0 saturated heterocycles. The summed E-state index contributed by atoms with van der Waals surface area (Å²) in [7, 11) is -3.01. The third-order valence-corrected chi connectivity index (χ3v) is 6.09. The van der Waals surface area contributed by atoms with Crippen LogP contribution in [0.1, 0.15) is 40.2 Å². The highest BCUT2D eigenvalue weighted by Gasteiger charge is 2.26. The summed E-state index contributed by atoms with van der Waals surface area (Å²) < 4.78 is 23.1. The summed E-state index contributed by atoms with van der Waals surface area (Å²) in [4.78, 5) is 0. The van der Waals surface area contributed by atoms with E-state index in [1.165, 1.54) is 5.56 Å². The van der Waals surface area contributed by atoms with Gasteiger partial charge in [-0.1, -0.05) is 44.2 Å². The van der Waals surface area contributed by atoms with Crippen LogP contribution in [0.25, 0.3) is 0 Å². The normalized spacial score (nSPS) is 12.2. The van der Waals surface area contributed by atoms with Gasteiger partial charge in [-0.3, -0.25) is 4.57 Å². The van der Waals surface area contributed by atoms with Crippen molar-refractivity contribution in [2.75, 3.05) is 31.2 Å². The van der Waals surface area contributed by atoms with Gasteiger partial charge in [0, 0.05) is 17.6 Å². The first-order valence-electron chi connectivity index (χ1n) is 8.14. The van der Waals surface area contributed by atoms with Crippen LogP contribution >= 0.6 is 7.60 Å². The second-order valence-corrected chi connectivity index (χ2v) is 8.23. The van der Waals surface area contributed by atoms with E-state index in [9.17, 15) is 4.57 Å². The lowest BCUT2D eigenvalue weighted by atomic mass is 9.78. The highest BCUT2D eigenvalue weighted by atomic mass is 31.2. The second kappa shape index (κ2) is 8.68. The van der Waals surface area contributed by atoms with Gasteiger partial charge >= 0.3 is 7.60 Å². The Balaban J connectivity index is 2.83. The molecule has 0 bridgehead atoms. The maximum absolute atomic E-state index is 12.5.